The number of carboxylic acids is 1. The van der Waals surface area contributed by atoms with Crippen LogP contribution in [0, 0.1) is 0 Å². The highest BCUT2D eigenvalue weighted by Gasteiger charge is 2.21. The van der Waals surface area contributed by atoms with E-state index in [0.717, 1.165) is 5.76 Å². The van der Waals surface area contributed by atoms with Gasteiger partial charge in [0.05, 0.1) is 6.26 Å². The Bertz CT molecular complexity index is 412. The van der Waals surface area contributed by atoms with E-state index < -0.39 is 11.5 Å². The molecule has 6 nitrogen and oxygen atoms in total. The standard InChI is InChI=1S/C13H20N2O4/c1-13(2,7-5-11(16)17)15-12(18)14-8-6-10-4-3-9-19-10/h3-4,9H,5-8H2,1-2H3,(H,16,17)(H2,14,15,18). The van der Waals surface area contributed by atoms with Gasteiger partial charge >= 0.3 is 12.0 Å². The lowest BCUT2D eigenvalue weighted by atomic mass is 9.99. The molecule has 0 aromatic carbocycles. The van der Waals surface area contributed by atoms with E-state index in [2.05, 4.69) is 10.6 Å². The number of carbonyl (C=O) groups is 2. The molecule has 0 bridgehead atoms. The summed E-state index contributed by atoms with van der Waals surface area (Å²) in [6, 6.07) is 3.34. The summed E-state index contributed by atoms with van der Waals surface area (Å²) in [6.07, 6.45) is 2.62. The van der Waals surface area contributed by atoms with Crippen molar-refractivity contribution in [1.82, 2.24) is 10.6 Å². The van der Waals surface area contributed by atoms with Crippen molar-refractivity contribution in [3.63, 3.8) is 0 Å². The van der Waals surface area contributed by atoms with Crippen LogP contribution in [-0.4, -0.2) is 29.2 Å². The maximum Gasteiger partial charge on any atom is 0.315 e. The first-order chi connectivity index (χ1) is 8.89. The zero-order chi connectivity index (χ0) is 14.3. The molecule has 1 aromatic heterocycles. The van der Waals surface area contributed by atoms with E-state index in [0.29, 0.717) is 19.4 Å². The summed E-state index contributed by atoms with van der Waals surface area (Å²) in [5.41, 5.74) is -0.548. The van der Waals surface area contributed by atoms with Crippen LogP contribution in [0.25, 0.3) is 0 Å². The smallest absolute Gasteiger partial charge is 0.315 e. The number of nitrogens with one attached hydrogen (secondary N) is 2. The fourth-order valence-electron chi connectivity index (χ4n) is 1.59. The van der Waals surface area contributed by atoms with Crippen LogP contribution < -0.4 is 10.6 Å². The minimum Gasteiger partial charge on any atom is -0.481 e. The highest BCUT2D eigenvalue weighted by Crippen LogP contribution is 2.10. The molecule has 1 aromatic rings. The summed E-state index contributed by atoms with van der Waals surface area (Å²) < 4.78 is 5.14. The van der Waals surface area contributed by atoms with Gasteiger partial charge in [-0.05, 0) is 32.4 Å². The summed E-state index contributed by atoms with van der Waals surface area (Å²) >= 11 is 0. The number of hydrogen-bond acceptors (Lipinski definition) is 3. The molecule has 1 rings (SSSR count). The number of hydrogen-bond donors (Lipinski definition) is 3. The Morgan fingerprint density at radius 1 is 1.42 bits per heavy atom. The molecule has 0 atom stereocenters. The molecule has 0 radical (unpaired) electrons. The van der Waals surface area contributed by atoms with Gasteiger partial charge in [-0.2, -0.15) is 0 Å². The van der Waals surface area contributed by atoms with Crippen molar-refractivity contribution in [3.8, 4) is 0 Å². The second-order valence-corrected chi connectivity index (χ2v) is 4.99. The Hall–Kier alpha value is -1.98. The van der Waals surface area contributed by atoms with Crippen molar-refractivity contribution in [2.45, 2.75) is 38.6 Å². The maximum absolute atomic E-state index is 11.6. The number of carboxylic acid groups (broad SMARTS) is 1. The molecule has 3 N–H and O–H groups in total. The van der Waals surface area contributed by atoms with Crippen LogP contribution in [0.4, 0.5) is 4.79 Å². The quantitative estimate of drug-likeness (QED) is 0.702. The third-order valence-electron chi connectivity index (χ3n) is 2.65. The normalized spacial score (nSPS) is 11.1. The van der Waals surface area contributed by atoms with Crippen molar-refractivity contribution in [2.75, 3.05) is 6.54 Å². The van der Waals surface area contributed by atoms with Gasteiger partial charge in [0.2, 0.25) is 0 Å². The summed E-state index contributed by atoms with van der Waals surface area (Å²) in [5.74, 6) is -0.0569. The fourth-order valence-corrected chi connectivity index (χ4v) is 1.59. The van der Waals surface area contributed by atoms with Gasteiger partial charge < -0.3 is 20.2 Å². The van der Waals surface area contributed by atoms with Crippen LogP contribution in [0.2, 0.25) is 0 Å². The SMILES string of the molecule is CC(C)(CCC(=O)O)NC(=O)NCCc1ccco1. The predicted molar refractivity (Wildman–Crippen MR) is 69.9 cm³/mol. The number of urea groups is 1. The van der Waals surface area contributed by atoms with Crippen molar-refractivity contribution >= 4 is 12.0 Å². The van der Waals surface area contributed by atoms with Gasteiger partial charge in [0.1, 0.15) is 5.76 Å². The average molecular weight is 268 g/mol. The minimum atomic E-state index is -0.867. The zero-order valence-corrected chi connectivity index (χ0v) is 11.2. The average Bonchev–Trinajstić information content (AvgIpc) is 2.79. The van der Waals surface area contributed by atoms with Gasteiger partial charge in [0.25, 0.3) is 0 Å². The Labute approximate surface area is 112 Å². The van der Waals surface area contributed by atoms with Crippen LogP contribution in [0.15, 0.2) is 22.8 Å². The molecule has 0 aliphatic heterocycles. The molecule has 0 unspecified atom stereocenters. The first kappa shape index (κ1) is 15.1. The van der Waals surface area contributed by atoms with E-state index in [9.17, 15) is 9.59 Å². The minimum absolute atomic E-state index is 0.0275. The maximum atomic E-state index is 11.6. The molecule has 19 heavy (non-hydrogen) atoms. The monoisotopic (exact) mass is 268 g/mol. The first-order valence-electron chi connectivity index (χ1n) is 6.19. The van der Waals surface area contributed by atoms with Crippen LogP contribution in [-0.2, 0) is 11.2 Å². The van der Waals surface area contributed by atoms with Crippen LogP contribution >= 0.6 is 0 Å². The number of carbonyl (C=O) groups excluding carboxylic acids is 1. The van der Waals surface area contributed by atoms with Crippen molar-refractivity contribution in [1.29, 1.82) is 0 Å². The van der Waals surface area contributed by atoms with Crippen molar-refractivity contribution < 1.29 is 19.1 Å². The number of rotatable bonds is 7. The van der Waals surface area contributed by atoms with E-state index >= 15 is 0 Å². The molecular weight excluding hydrogens is 248 g/mol. The molecule has 0 spiro atoms. The van der Waals surface area contributed by atoms with E-state index in [-0.39, 0.29) is 12.5 Å². The van der Waals surface area contributed by atoms with E-state index in [1.54, 1.807) is 26.2 Å². The molecule has 6 heteroatoms. The topological polar surface area (TPSA) is 91.6 Å². The Morgan fingerprint density at radius 2 is 2.16 bits per heavy atom. The molecule has 0 saturated heterocycles. The molecule has 0 aliphatic rings. The highest BCUT2D eigenvalue weighted by atomic mass is 16.4. The van der Waals surface area contributed by atoms with E-state index in [1.165, 1.54) is 0 Å². The number of amides is 2. The van der Waals surface area contributed by atoms with Gasteiger partial charge in [-0.15, -0.1) is 0 Å². The van der Waals surface area contributed by atoms with Gasteiger partial charge in [-0.3, -0.25) is 4.79 Å². The third-order valence-corrected chi connectivity index (χ3v) is 2.65. The predicted octanol–water partition coefficient (Wildman–Crippen LogP) is 1.76. The first-order valence-corrected chi connectivity index (χ1v) is 6.19. The fraction of sp³-hybridized carbons (Fsp3) is 0.538. The second kappa shape index (κ2) is 6.82. The Kier molecular flexibility index (Phi) is 5.41. The van der Waals surface area contributed by atoms with E-state index in [4.69, 9.17) is 9.52 Å². The second-order valence-electron chi connectivity index (χ2n) is 4.99. The lowest BCUT2D eigenvalue weighted by molar-refractivity contribution is -0.137. The van der Waals surface area contributed by atoms with Gasteiger partial charge in [0.15, 0.2) is 0 Å². The lowest BCUT2D eigenvalue weighted by Gasteiger charge is -2.25. The largest absolute Gasteiger partial charge is 0.481 e. The summed E-state index contributed by atoms with van der Waals surface area (Å²) in [4.78, 5) is 22.1. The van der Waals surface area contributed by atoms with Crippen molar-refractivity contribution in [2.24, 2.45) is 0 Å². The van der Waals surface area contributed by atoms with Crippen LogP contribution in [0.3, 0.4) is 0 Å². The van der Waals surface area contributed by atoms with Crippen molar-refractivity contribution in [3.05, 3.63) is 24.2 Å². The highest BCUT2D eigenvalue weighted by molar-refractivity contribution is 5.74. The molecule has 0 aliphatic carbocycles. The molecule has 0 saturated carbocycles. The summed E-state index contributed by atoms with van der Waals surface area (Å²) in [5, 5.41) is 14.1. The molecule has 2 amide bonds. The van der Waals surface area contributed by atoms with Gasteiger partial charge in [-0.1, -0.05) is 0 Å². The van der Waals surface area contributed by atoms with Crippen LogP contribution in [0.5, 0.6) is 0 Å². The molecule has 0 fully saturated rings. The number of aliphatic carboxylic acids is 1. The zero-order valence-electron chi connectivity index (χ0n) is 11.2. The number of furan rings is 1. The van der Waals surface area contributed by atoms with Crippen LogP contribution in [0.1, 0.15) is 32.4 Å². The molecular formula is C13H20N2O4. The Morgan fingerprint density at radius 3 is 2.74 bits per heavy atom. The van der Waals surface area contributed by atoms with Gasteiger partial charge in [-0.25, -0.2) is 4.79 Å². The van der Waals surface area contributed by atoms with E-state index in [1.807, 2.05) is 6.07 Å². The summed E-state index contributed by atoms with van der Waals surface area (Å²) in [6.45, 7) is 4.05. The molecule has 106 valence electrons. The lowest BCUT2D eigenvalue weighted by Crippen LogP contribution is -2.48. The molecule has 1 heterocycles. The Balaban J connectivity index is 2.24. The summed E-state index contributed by atoms with van der Waals surface area (Å²) in [7, 11) is 0. The third kappa shape index (κ3) is 6.49. The van der Waals surface area contributed by atoms with Gasteiger partial charge in [0, 0.05) is 24.9 Å².